The minimum absolute atomic E-state index is 0.0431. The van der Waals surface area contributed by atoms with Gasteiger partial charge in [0.15, 0.2) is 0 Å². The largest absolute Gasteiger partial charge is 0.426 e. The summed E-state index contributed by atoms with van der Waals surface area (Å²) in [6.07, 6.45) is 2.53. The number of hydrogen-bond donors (Lipinski definition) is 0. The number of para-hydroxylation sites is 1. The molecule has 1 aromatic rings. The maximum atomic E-state index is 13.0. The van der Waals surface area contributed by atoms with Crippen LogP contribution in [0.15, 0.2) is 34.7 Å². The first-order valence-electron chi connectivity index (χ1n) is 9.43. The molecule has 0 aromatic heterocycles. The van der Waals surface area contributed by atoms with Crippen LogP contribution in [0.25, 0.3) is 0 Å². The zero-order valence-corrected chi connectivity index (χ0v) is 16.5. The number of carbonyl (C=O) groups is 1. The Morgan fingerprint density at radius 2 is 1.84 bits per heavy atom. The van der Waals surface area contributed by atoms with E-state index in [2.05, 4.69) is 46.8 Å². The Balaban J connectivity index is 1.80. The molecule has 4 atom stereocenters. The highest BCUT2D eigenvalue weighted by Gasteiger charge is 2.67. The Morgan fingerprint density at radius 1 is 1.12 bits per heavy atom. The topological polar surface area (TPSA) is 26.3 Å². The molecule has 0 radical (unpaired) electrons. The first kappa shape index (κ1) is 16.0. The summed E-state index contributed by atoms with van der Waals surface area (Å²) >= 11 is 1.97. The van der Waals surface area contributed by atoms with Gasteiger partial charge in [0.05, 0.1) is 5.92 Å². The Hall–Kier alpha value is -1.22. The lowest BCUT2D eigenvalue weighted by molar-refractivity contribution is -0.142. The lowest BCUT2D eigenvalue weighted by atomic mass is 9.67. The van der Waals surface area contributed by atoms with Crippen LogP contribution < -0.4 is 4.74 Å². The quantitative estimate of drug-likeness (QED) is 0.452. The van der Waals surface area contributed by atoms with E-state index in [9.17, 15) is 4.79 Å². The SMILES string of the molecule is CC1(C)SC2=C([C@@H]3c4ccccc4OC(=O)[C@H]31)[C@H]1CC[C@]2(C)C1(C)C. The van der Waals surface area contributed by atoms with Gasteiger partial charge >= 0.3 is 5.97 Å². The normalized spacial score (nSPS) is 39.6. The Bertz CT molecular complexity index is 834. The van der Waals surface area contributed by atoms with E-state index in [0.717, 1.165) is 5.75 Å². The summed E-state index contributed by atoms with van der Waals surface area (Å²) in [4.78, 5) is 14.6. The van der Waals surface area contributed by atoms with Crippen molar-refractivity contribution in [2.45, 2.75) is 58.1 Å². The molecule has 1 aromatic carbocycles. The van der Waals surface area contributed by atoms with Gasteiger partial charge in [-0.2, -0.15) is 0 Å². The van der Waals surface area contributed by atoms with E-state index < -0.39 is 0 Å². The van der Waals surface area contributed by atoms with Crippen LogP contribution in [0, 0.1) is 22.7 Å². The summed E-state index contributed by atoms with van der Waals surface area (Å²) in [5.74, 6) is 1.41. The van der Waals surface area contributed by atoms with Crippen molar-refractivity contribution in [1.82, 2.24) is 0 Å². The summed E-state index contributed by atoms with van der Waals surface area (Å²) in [6, 6.07) is 8.19. The van der Waals surface area contributed by atoms with Crippen molar-refractivity contribution in [3.05, 3.63) is 40.3 Å². The van der Waals surface area contributed by atoms with Crippen LogP contribution in [-0.4, -0.2) is 10.7 Å². The molecule has 0 spiro atoms. The van der Waals surface area contributed by atoms with Crippen molar-refractivity contribution in [1.29, 1.82) is 0 Å². The minimum Gasteiger partial charge on any atom is -0.426 e. The molecule has 4 aliphatic rings. The van der Waals surface area contributed by atoms with Crippen LogP contribution >= 0.6 is 11.8 Å². The number of hydrogen-bond acceptors (Lipinski definition) is 3. The van der Waals surface area contributed by atoms with E-state index in [1.165, 1.54) is 18.4 Å². The summed E-state index contributed by atoms with van der Waals surface area (Å²) in [5, 5.41) is 0. The van der Waals surface area contributed by atoms with E-state index in [4.69, 9.17) is 4.74 Å². The molecule has 3 heteroatoms. The number of thioether (sulfide) groups is 1. The number of benzene rings is 1. The molecule has 132 valence electrons. The summed E-state index contributed by atoms with van der Waals surface area (Å²) in [6.45, 7) is 11.8. The maximum absolute atomic E-state index is 13.0. The van der Waals surface area contributed by atoms with Crippen molar-refractivity contribution in [2.24, 2.45) is 22.7 Å². The lowest BCUT2D eigenvalue weighted by Gasteiger charge is -2.49. The third kappa shape index (κ3) is 1.71. The second-order valence-electron chi connectivity index (χ2n) is 9.55. The third-order valence-electron chi connectivity index (χ3n) is 7.87. The predicted octanol–water partition coefficient (Wildman–Crippen LogP) is 5.54. The minimum atomic E-state index is -0.141. The molecule has 0 amide bonds. The molecular weight excluding hydrogens is 328 g/mol. The fraction of sp³-hybridized carbons (Fsp3) is 0.591. The molecule has 2 aliphatic carbocycles. The van der Waals surface area contributed by atoms with Crippen LogP contribution in [0.2, 0.25) is 0 Å². The highest BCUT2D eigenvalue weighted by atomic mass is 32.2. The fourth-order valence-corrected chi connectivity index (χ4v) is 8.00. The van der Waals surface area contributed by atoms with Gasteiger partial charge in [0, 0.05) is 21.6 Å². The van der Waals surface area contributed by atoms with Crippen molar-refractivity contribution in [2.75, 3.05) is 0 Å². The van der Waals surface area contributed by atoms with E-state index in [1.807, 2.05) is 23.9 Å². The van der Waals surface area contributed by atoms with E-state index in [-0.39, 0.29) is 33.4 Å². The number of rotatable bonds is 0. The zero-order chi connectivity index (χ0) is 17.8. The van der Waals surface area contributed by atoms with Gasteiger partial charge in [-0.25, -0.2) is 0 Å². The van der Waals surface area contributed by atoms with E-state index in [0.29, 0.717) is 5.92 Å². The average Bonchev–Trinajstić information content (AvgIpc) is 2.85. The molecule has 5 rings (SSSR count). The molecule has 25 heavy (non-hydrogen) atoms. The van der Waals surface area contributed by atoms with Gasteiger partial charge in [-0.3, -0.25) is 4.79 Å². The molecule has 0 unspecified atom stereocenters. The van der Waals surface area contributed by atoms with Crippen molar-refractivity contribution < 1.29 is 9.53 Å². The van der Waals surface area contributed by atoms with Crippen LogP contribution in [-0.2, 0) is 4.79 Å². The lowest BCUT2D eigenvalue weighted by Crippen LogP contribution is -2.47. The monoisotopic (exact) mass is 354 g/mol. The number of fused-ring (bicyclic) bond motifs is 8. The standard InChI is InChI=1S/C22H26O2S/c1-20(2)13-10-11-22(20,5)18-16(13)15-12-8-6-7-9-14(12)24-19(23)17(15)21(3,4)25-18/h6-9,13,15,17H,10-11H2,1-5H3/t13-,15+,17+,22+/m1/s1. The molecule has 0 N–H and O–H groups in total. The molecule has 2 bridgehead atoms. The second-order valence-corrected chi connectivity index (χ2v) is 11.2. The average molecular weight is 355 g/mol. The summed E-state index contributed by atoms with van der Waals surface area (Å²) in [5.41, 5.74) is 3.30. The predicted molar refractivity (Wildman–Crippen MR) is 102 cm³/mol. The van der Waals surface area contributed by atoms with E-state index >= 15 is 0 Å². The molecular formula is C22H26O2S. The summed E-state index contributed by atoms with van der Waals surface area (Å²) < 4.78 is 5.63. The van der Waals surface area contributed by atoms with Crippen molar-refractivity contribution >= 4 is 17.7 Å². The van der Waals surface area contributed by atoms with E-state index in [1.54, 1.807) is 10.5 Å². The molecule has 1 saturated carbocycles. The summed E-state index contributed by atoms with van der Waals surface area (Å²) in [7, 11) is 0. The number of ether oxygens (including phenoxy) is 1. The van der Waals surface area contributed by atoms with Gasteiger partial charge in [-0.15, -0.1) is 11.8 Å². The van der Waals surface area contributed by atoms with Crippen LogP contribution in [0.4, 0.5) is 0 Å². The highest BCUT2D eigenvalue weighted by molar-refractivity contribution is 8.04. The van der Waals surface area contributed by atoms with Gasteiger partial charge in [0.25, 0.3) is 0 Å². The third-order valence-corrected chi connectivity index (χ3v) is 9.54. The van der Waals surface area contributed by atoms with Crippen LogP contribution in [0.5, 0.6) is 5.75 Å². The second kappa shape index (κ2) is 4.54. The Labute approximate surface area is 154 Å². The smallest absolute Gasteiger partial charge is 0.316 e. The zero-order valence-electron chi connectivity index (χ0n) is 15.7. The van der Waals surface area contributed by atoms with Gasteiger partial charge in [0.1, 0.15) is 5.75 Å². The Morgan fingerprint density at radius 3 is 2.60 bits per heavy atom. The van der Waals surface area contributed by atoms with Gasteiger partial charge in [-0.05, 0) is 54.6 Å². The molecule has 2 nitrogen and oxygen atoms in total. The first-order valence-corrected chi connectivity index (χ1v) is 10.2. The fourth-order valence-electron chi connectivity index (χ4n) is 6.13. The van der Waals surface area contributed by atoms with Gasteiger partial charge in [0.2, 0.25) is 0 Å². The molecule has 2 heterocycles. The number of allylic oxidation sites excluding steroid dienone is 2. The van der Waals surface area contributed by atoms with Gasteiger partial charge < -0.3 is 4.74 Å². The molecule has 2 aliphatic heterocycles. The molecule has 0 saturated heterocycles. The number of esters is 1. The molecule has 1 fully saturated rings. The maximum Gasteiger partial charge on any atom is 0.316 e. The van der Waals surface area contributed by atoms with Crippen LogP contribution in [0.1, 0.15) is 58.9 Å². The van der Waals surface area contributed by atoms with Crippen molar-refractivity contribution in [3.63, 3.8) is 0 Å². The Kier molecular flexibility index (Phi) is 2.90. The van der Waals surface area contributed by atoms with Crippen LogP contribution in [0.3, 0.4) is 0 Å². The highest BCUT2D eigenvalue weighted by Crippen LogP contribution is 2.76. The van der Waals surface area contributed by atoms with Gasteiger partial charge in [-0.1, -0.05) is 39.0 Å². The van der Waals surface area contributed by atoms with Crippen molar-refractivity contribution in [3.8, 4) is 5.75 Å². The first-order chi connectivity index (χ1) is 11.7. The number of carbonyl (C=O) groups excluding carboxylic acids is 1.